The second kappa shape index (κ2) is 28.5. The molecule has 0 rings (SSSR count). The van der Waals surface area contributed by atoms with Crippen LogP contribution in [0.3, 0.4) is 0 Å². The lowest BCUT2D eigenvalue weighted by atomic mass is 10.2. The molecule has 6 heteroatoms. The Hall–Kier alpha value is -0.690. The van der Waals surface area contributed by atoms with Crippen LogP contribution in [-0.4, -0.2) is 83.6 Å². The van der Waals surface area contributed by atoms with Crippen molar-refractivity contribution in [2.45, 2.75) is 86.0 Å². The van der Waals surface area contributed by atoms with Crippen molar-refractivity contribution in [1.82, 2.24) is 9.80 Å². The molecule has 0 aromatic rings. The molecule has 0 saturated carbocycles. The number of hydrogen-bond acceptors (Lipinski definition) is 5. The van der Waals surface area contributed by atoms with Gasteiger partial charge in [0, 0.05) is 20.0 Å². The maximum atomic E-state index is 9.00. The highest BCUT2D eigenvalue weighted by molar-refractivity contribution is 5.62. The van der Waals surface area contributed by atoms with Crippen molar-refractivity contribution < 1.29 is 20.1 Å². The average Bonchev–Trinajstić information content (AvgIpc) is 2.66. The maximum absolute atomic E-state index is 9.00. The van der Waals surface area contributed by atoms with Crippen LogP contribution in [0.4, 0.5) is 0 Å². The summed E-state index contributed by atoms with van der Waals surface area (Å²) < 4.78 is 0. The van der Waals surface area contributed by atoms with Gasteiger partial charge in [0.25, 0.3) is 5.97 Å². The molecule has 0 aromatic carbocycles. The summed E-state index contributed by atoms with van der Waals surface area (Å²) in [6, 6.07) is 0. The molecule has 6 nitrogen and oxygen atoms in total. The fourth-order valence-corrected chi connectivity index (χ4v) is 2.48. The smallest absolute Gasteiger partial charge is 0.300 e. The first-order chi connectivity index (χ1) is 13.4. The molecule has 0 bridgehead atoms. The van der Waals surface area contributed by atoms with Crippen molar-refractivity contribution in [3.05, 3.63) is 0 Å². The summed E-state index contributed by atoms with van der Waals surface area (Å²) >= 11 is 0. The summed E-state index contributed by atoms with van der Waals surface area (Å²) in [4.78, 5) is 13.7. The van der Waals surface area contributed by atoms with Gasteiger partial charge in [-0.1, -0.05) is 53.4 Å². The normalized spacial score (nSPS) is 10.3. The third kappa shape index (κ3) is 32.9. The Labute approximate surface area is 174 Å². The van der Waals surface area contributed by atoms with Gasteiger partial charge >= 0.3 is 0 Å². The van der Waals surface area contributed by atoms with Crippen molar-refractivity contribution in [3.8, 4) is 0 Å². The monoisotopic (exact) mass is 406 g/mol. The van der Waals surface area contributed by atoms with Crippen LogP contribution in [0.25, 0.3) is 0 Å². The molecule has 28 heavy (non-hydrogen) atoms. The zero-order chi connectivity index (χ0) is 22.0. The Balaban J connectivity index is -0.000000375. The summed E-state index contributed by atoms with van der Waals surface area (Å²) in [5.74, 6) is -0.833. The van der Waals surface area contributed by atoms with E-state index < -0.39 is 5.97 Å². The molecule has 0 aromatic heterocycles. The second-order valence-electron chi connectivity index (χ2n) is 7.06. The number of carboxylic acids is 1. The SMILES string of the molecule is CC(=O)O.CCCCN(CCO)CCCC.CCCCN(CCO)CCCC. The molecule has 0 saturated heterocycles. The molecule has 0 aliphatic carbocycles. The largest absolute Gasteiger partial charge is 0.481 e. The standard InChI is InChI=1S/2C10H23NO.C2H4O2/c2*1-3-5-7-11(9-10-12)8-6-4-2;1-2(3)4/h2*12H,3-10H2,1-2H3;1H3,(H,3,4). The Morgan fingerprint density at radius 2 is 0.821 bits per heavy atom. The molecule has 0 radical (unpaired) electrons. The van der Waals surface area contributed by atoms with Gasteiger partial charge in [0.2, 0.25) is 0 Å². The second-order valence-corrected chi connectivity index (χ2v) is 7.06. The minimum absolute atomic E-state index is 0.299. The van der Waals surface area contributed by atoms with Crippen LogP contribution >= 0.6 is 0 Å². The van der Waals surface area contributed by atoms with Gasteiger partial charge < -0.3 is 25.1 Å². The number of rotatable bonds is 16. The van der Waals surface area contributed by atoms with Gasteiger partial charge in [-0.05, 0) is 51.9 Å². The third-order valence-corrected chi connectivity index (χ3v) is 4.14. The lowest BCUT2D eigenvalue weighted by Gasteiger charge is -2.20. The Kier molecular flexibility index (Phi) is 32.6. The number of aliphatic carboxylic acids is 1. The first kappa shape index (κ1) is 32.0. The summed E-state index contributed by atoms with van der Waals surface area (Å²) in [5, 5.41) is 25.0. The first-order valence-corrected chi connectivity index (χ1v) is 11.3. The average molecular weight is 407 g/mol. The van der Waals surface area contributed by atoms with Crippen LogP contribution in [0.15, 0.2) is 0 Å². The quantitative estimate of drug-likeness (QED) is 0.361. The van der Waals surface area contributed by atoms with E-state index in [2.05, 4.69) is 37.5 Å². The number of hydrogen-bond donors (Lipinski definition) is 3. The molecule has 3 N–H and O–H groups in total. The van der Waals surface area contributed by atoms with E-state index in [-0.39, 0.29) is 0 Å². The zero-order valence-corrected chi connectivity index (χ0v) is 19.5. The molecule has 0 fully saturated rings. The van der Waals surface area contributed by atoms with Gasteiger partial charge in [0.15, 0.2) is 0 Å². The highest BCUT2D eigenvalue weighted by atomic mass is 16.4. The molecule has 0 amide bonds. The van der Waals surface area contributed by atoms with Crippen LogP contribution in [0, 0.1) is 0 Å². The Morgan fingerprint density at radius 3 is 0.964 bits per heavy atom. The summed E-state index contributed by atoms with van der Waals surface area (Å²) in [6.07, 6.45) is 9.99. The van der Waals surface area contributed by atoms with E-state index in [1.165, 1.54) is 51.4 Å². The number of carbonyl (C=O) groups is 1. The van der Waals surface area contributed by atoms with Crippen LogP contribution < -0.4 is 0 Å². The van der Waals surface area contributed by atoms with Crippen LogP contribution in [-0.2, 0) is 4.79 Å². The molecule has 0 aliphatic rings. The summed E-state index contributed by atoms with van der Waals surface area (Å²) in [6.45, 7) is 16.8. The van der Waals surface area contributed by atoms with Crippen molar-refractivity contribution in [1.29, 1.82) is 0 Å². The molecular weight excluding hydrogens is 356 g/mol. The van der Waals surface area contributed by atoms with Gasteiger partial charge in [0.05, 0.1) is 13.2 Å². The highest BCUT2D eigenvalue weighted by Gasteiger charge is 2.02. The predicted molar refractivity (Wildman–Crippen MR) is 120 cm³/mol. The molecular formula is C22H50N2O4. The predicted octanol–water partition coefficient (Wildman–Crippen LogP) is 3.85. The first-order valence-electron chi connectivity index (χ1n) is 11.3. The van der Waals surface area contributed by atoms with E-state index in [9.17, 15) is 0 Å². The number of carboxylic acid groups (broad SMARTS) is 1. The number of aliphatic hydroxyl groups is 2. The van der Waals surface area contributed by atoms with Crippen LogP contribution in [0.2, 0.25) is 0 Å². The van der Waals surface area contributed by atoms with Crippen molar-refractivity contribution in [2.75, 3.05) is 52.5 Å². The Morgan fingerprint density at radius 1 is 0.607 bits per heavy atom. The van der Waals surface area contributed by atoms with Crippen molar-refractivity contribution in [3.63, 3.8) is 0 Å². The van der Waals surface area contributed by atoms with E-state index >= 15 is 0 Å². The fourth-order valence-electron chi connectivity index (χ4n) is 2.48. The van der Waals surface area contributed by atoms with Gasteiger partial charge in [-0.15, -0.1) is 0 Å². The Bertz CT molecular complexity index is 250. The summed E-state index contributed by atoms with van der Waals surface area (Å²) in [7, 11) is 0. The third-order valence-electron chi connectivity index (χ3n) is 4.14. The van der Waals surface area contributed by atoms with E-state index in [4.69, 9.17) is 20.1 Å². The summed E-state index contributed by atoms with van der Waals surface area (Å²) in [5.41, 5.74) is 0. The number of aliphatic hydroxyl groups excluding tert-OH is 2. The lowest BCUT2D eigenvalue weighted by Crippen LogP contribution is -2.28. The van der Waals surface area contributed by atoms with E-state index in [1.54, 1.807) is 0 Å². The van der Waals surface area contributed by atoms with Gasteiger partial charge in [-0.25, -0.2) is 0 Å². The molecule has 172 valence electrons. The maximum Gasteiger partial charge on any atom is 0.300 e. The van der Waals surface area contributed by atoms with Gasteiger partial charge in [0.1, 0.15) is 0 Å². The van der Waals surface area contributed by atoms with Crippen LogP contribution in [0.1, 0.15) is 86.0 Å². The molecule has 0 heterocycles. The highest BCUT2D eigenvalue weighted by Crippen LogP contribution is 1.98. The van der Waals surface area contributed by atoms with E-state index in [1.807, 2.05) is 0 Å². The van der Waals surface area contributed by atoms with E-state index in [0.717, 1.165) is 46.2 Å². The fraction of sp³-hybridized carbons (Fsp3) is 0.955. The minimum Gasteiger partial charge on any atom is -0.481 e. The molecule has 0 atom stereocenters. The molecule has 0 aliphatic heterocycles. The lowest BCUT2D eigenvalue weighted by molar-refractivity contribution is -0.134. The van der Waals surface area contributed by atoms with E-state index in [0.29, 0.717) is 13.2 Å². The van der Waals surface area contributed by atoms with Crippen molar-refractivity contribution >= 4 is 5.97 Å². The number of nitrogens with zero attached hydrogens (tertiary/aromatic N) is 2. The van der Waals surface area contributed by atoms with Gasteiger partial charge in [-0.2, -0.15) is 0 Å². The number of unbranched alkanes of at least 4 members (excludes halogenated alkanes) is 4. The topological polar surface area (TPSA) is 84.2 Å². The molecule has 0 unspecified atom stereocenters. The van der Waals surface area contributed by atoms with Crippen LogP contribution in [0.5, 0.6) is 0 Å². The minimum atomic E-state index is -0.833. The zero-order valence-electron chi connectivity index (χ0n) is 19.5. The van der Waals surface area contributed by atoms with Gasteiger partial charge in [-0.3, -0.25) is 4.79 Å². The molecule has 0 spiro atoms. The van der Waals surface area contributed by atoms with Crippen molar-refractivity contribution in [2.24, 2.45) is 0 Å².